The molecule has 6 nitrogen and oxygen atoms in total. The van der Waals surface area contributed by atoms with Gasteiger partial charge < -0.3 is 14.2 Å². The van der Waals surface area contributed by atoms with Crippen LogP contribution >= 0.6 is 0 Å². The number of aldehydes is 1. The van der Waals surface area contributed by atoms with E-state index in [1.54, 1.807) is 21.3 Å². The smallest absolute Gasteiger partial charge is 0.161 e. The Bertz CT molecular complexity index is 963. The van der Waals surface area contributed by atoms with Crippen molar-refractivity contribution < 1.29 is 19.0 Å². The van der Waals surface area contributed by atoms with Gasteiger partial charge in [0.25, 0.3) is 0 Å². The van der Waals surface area contributed by atoms with Crippen molar-refractivity contribution in [2.45, 2.75) is 26.2 Å². The SMILES string of the molecule is CC[C@@H]1C(C)=NN=C(c2ccc(OC)c(OC)c2)c2cc(OC)c(C=O)cc21. The van der Waals surface area contributed by atoms with Gasteiger partial charge in [0.15, 0.2) is 17.8 Å². The fraction of sp³-hybridized carbons (Fsp3) is 0.318. The highest BCUT2D eigenvalue weighted by Gasteiger charge is 2.26. The summed E-state index contributed by atoms with van der Waals surface area (Å²) in [6.07, 6.45) is 1.66. The molecule has 0 spiro atoms. The molecule has 1 heterocycles. The molecule has 2 aromatic carbocycles. The van der Waals surface area contributed by atoms with Crippen molar-refractivity contribution in [1.29, 1.82) is 0 Å². The summed E-state index contributed by atoms with van der Waals surface area (Å²) >= 11 is 0. The Morgan fingerprint density at radius 3 is 2.29 bits per heavy atom. The number of benzene rings is 2. The fourth-order valence-electron chi connectivity index (χ4n) is 3.57. The van der Waals surface area contributed by atoms with Gasteiger partial charge in [-0.25, -0.2) is 0 Å². The lowest BCUT2D eigenvalue weighted by Gasteiger charge is -2.19. The number of hydrogen-bond donors (Lipinski definition) is 0. The minimum atomic E-state index is 0.0704. The lowest BCUT2D eigenvalue weighted by atomic mass is 9.85. The van der Waals surface area contributed by atoms with E-state index in [0.717, 1.165) is 35.1 Å². The van der Waals surface area contributed by atoms with Crippen LogP contribution < -0.4 is 14.2 Å². The van der Waals surface area contributed by atoms with Gasteiger partial charge in [0.05, 0.1) is 26.9 Å². The van der Waals surface area contributed by atoms with Crippen LogP contribution in [-0.2, 0) is 0 Å². The van der Waals surface area contributed by atoms with Crippen LogP contribution in [-0.4, -0.2) is 39.0 Å². The highest BCUT2D eigenvalue weighted by atomic mass is 16.5. The maximum atomic E-state index is 11.6. The molecule has 28 heavy (non-hydrogen) atoms. The zero-order chi connectivity index (χ0) is 20.3. The van der Waals surface area contributed by atoms with Crippen LogP contribution in [0.25, 0.3) is 0 Å². The molecular weight excluding hydrogens is 356 g/mol. The van der Waals surface area contributed by atoms with Gasteiger partial charge in [-0.2, -0.15) is 5.10 Å². The Morgan fingerprint density at radius 1 is 0.964 bits per heavy atom. The van der Waals surface area contributed by atoms with Gasteiger partial charge in [-0.1, -0.05) is 6.92 Å². The molecule has 0 saturated carbocycles. The number of ether oxygens (including phenoxy) is 3. The minimum Gasteiger partial charge on any atom is -0.496 e. The van der Waals surface area contributed by atoms with Crippen LogP contribution in [0.3, 0.4) is 0 Å². The summed E-state index contributed by atoms with van der Waals surface area (Å²) in [4.78, 5) is 11.6. The average Bonchev–Trinajstić information content (AvgIpc) is 2.87. The van der Waals surface area contributed by atoms with Gasteiger partial charge in [-0.3, -0.25) is 4.79 Å². The Labute approximate surface area is 164 Å². The van der Waals surface area contributed by atoms with Crippen LogP contribution in [0.2, 0.25) is 0 Å². The molecule has 0 aromatic heterocycles. The third kappa shape index (κ3) is 3.38. The summed E-state index contributed by atoms with van der Waals surface area (Å²) in [7, 11) is 4.75. The predicted octanol–water partition coefficient (Wildman–Crippen LogP) is 4.25. The maximum absolute atomic E-state index is 11.6. The van der Waals surface area contributed by atoms with Gasteiger partial charge >= 0.3 is 0 Å². The van der Waals surface area contributed by atoms with Gasteiger partial charge in [-0.15, -0.1) is 5.10 Å². The molecule has 0 bridgehead atoms. The summed E-state index contributed by atoms with van der Waals surface area (Å²) in [6.45, 7) is 4.06. The highest BCUT2D eigenvalue weighted by Crippen LogP contribution is 2.36. The lowest BCUT2D eigenvalue weighted by molar-refractivity contribution is 0.112. The summed E-state index contributed by atoms with van der Waals surface area (Å²) in [5.41, 5.74) is 4.86. The number of rotatable bonds is 6. The Hall–Kier alpha value is -3.15. The van der Waals surface area contributed by atoms with Crippen molar-refractivity contribution in [1.82, 2.24) is 0 Å². The standard InChI is InChI=1S/C22H24N2O4/c1-6-16-13(2)23-24-22(14-7-8-19(26-3)21(10-14)28-5)18-11-20(27-4)15(12-25)9-17(16)18/h7-12,16H,6H2,1-5H3/t16-/m1/s1. The van der Waals surface area contributed by atoms with E-state index in [4.69, 9.17) is 14.2 Å². The Kier molecular flexibility index (Phi) is 5.78. The summed E-state index contributed by atoms with van der Waals surface area (Å²) in [6, 6.07) is 9.38. The Balaban J connectivity index is 2.27. The molecule has 1 aliphatic rings. The molecule has 2 aromatic rings. The predicted molar refractivity (Wildman–Crippen MR) is 110 cm³/mol. The first kappa shape index (κ1) is 19.6. The molecule has 1 aliphatic heterocycles. The quantitative estimate of drug-likeness (QED) is 0.703. The largest absolute Gasteiger partial charge is 0.496 e. The Morgan fingerprint density at radius 2 is 1.68 bits per heavy atom. The molecule has 146 valence electrons. The first-order valence-corrected chi connectivity index (χ1v) is 9.09. The van der Waals surface area contributed by atoms with E-state index in [0.29, 0.717) is 28.5 Å². The monoisotopic (exact) mass is 380 g/mol. The van der Waals surface area contributed by atoms with Crippen molar-refractivity contribution in [2.24, 2.45) is 10.2 Å². The number of methoxy groups -OCH3 is 3. The molecule has 0 saturated heterocycles. The number of carbonyl (C=O) groups excluding carboxylic acids is 1. The van der Waals surface area contributed by atoms with Gasteiger partial charge in [-0.05, 0) is 49.2 Å². The molecule has 0 amide bonds. The van der Waals surface area contributed by atoms with Crippen LogP contribution in [0.1, 0.15) is 53.2 Å². The van der Waals surface area contributed by atoms with Crippen LogP contribution in [0.4, 0.5) is 0 Å². The second-order valence-corrected chi connectivity index (χ2v) is 6.52. The van der Waals surface area contributed by atoms with E-state index in [2.05, 4.69) is 17.1 Å². The van der Waals surface area contributed by atoms with Crippen LogP contribution in [0, 0.1) is 0 Å². The molecule has 0 unspecified atom stereocenters. The molecule has 0 N–H and O–H groups in total. The van der Waals surface area contributed by atoms with Gasteiger partial charge in [0.1, 0.15) is 11.5 Å². The molecule has 1 atom stereocenters. The third-order valence-electron chi connectivity index (χ3n) is 5.04. The molecule has 3 rings (SSSR count). The van der Waals surface area contributed by atoms with Crippen LogP contribution in [0.15, 0.2) is 40.5 Å². The first-order chi connectivity index (χ1) is 13.6. The van der Waals surface area contributed by atoms with Gasteiger partial charge in [0.2, 0.25) is 0 Å². The van der Waals surface area contributed by atoms with Crippen molar-refractivity contribution in [3.63, 3.8) is 0 Å². The molecule has 0 aliphatic carbocycles. The van der Waals surface area contributed by atoms with Crippen molar-refractivity contribution in [3.8, 4) is 17.2 Å². The van der Waals surface area contributed by atoms with E-state index < -0.39 is 0 Å². The topological polar surface area (TPSA) is 69.5 Å². The summed E-state index contributed by atoms with van der Waals surface area (Å²) in [5, 5.41) is 9.00. The number of nitrogens with zero attached hydrogens (tertiary/aromatic N) is 2. The highest BCUT2D eigenvalue weighted by molar-refractivity contribution is 6.16. The van der Waals surface area contributed by atoms with E-state index >= 15 is 0 Å². The number of fused-ring (bicyclic) bond motifs is 1. The van der Waals surface area contributed by atoms with Crippen LogP contribution in [0.5, 0.6) is 17.2 Å². The van der Waals surface area contributed by atoms with Crippen molar-refractivity contribution in [3.05, 3.63) is 52.6 Å². The fourth-order valence-corrected chi connectivity index (χ4v) is 3.57. The van der Waals surface area contributed by atoms with Gasteiger partial charge in [0, 0.05) is 22.8 Å². The average molecular weight is 380 g/mol. The minimum absolute atomic E-state index is 0.0704. The molecule has 6 heteroatoms. The summed E-state index contributed by atoms with van der Waals surface area (Å²) < 4.78 is 16.2. The molecular formula is C22H24N2O4. The maximum Gasteiger partial charge on any atom is 0.161 e. The van der Waals surface area contributed by atoms with E-state index in [-0.39, 0.29) is 5.92 Å². The zero-order valence-corrected chi connectivity index (χ0v) is 16.8. The summed E-state index contributed by atoms with van der Waals surface area (Å²) in [5.74, 6) is 1.83. The van der Waals surface area contributed by atoms with E-state index in [1.165, 1.54) is 0 Å². The number of carbonyl (C=O) groups is 1. The zero-order valence-electron chi connectivity index (χ0n) is 16.8. The second kappa shape index (κ2) is 8.25. The van der Waals surface area contributed by atoms with Crippen molar-refractivity contribution in [2.75, 3.05) is 21.3 Å². The first-order valence-electron chi connectivity index (χ1n) is 9.09. The number of hydrogen-bond acceptors (Lipinski definition) is 6. The normalized spacial score (nSPS) is 15.7. The van der Waals surface area contributed by atoms with E-state index in [1.807, 2.05) is 37.3 Å². The second-order valence-electron chi connectivity index (χ2n) is 6.52. The molecule has 0 radical (unpaired) electrons. The van der Waals surface area contributed by atoms with E-state index in [9.17, 15) is 4.79 Å². The lowest BCUT2D eigenvalue weighted by Crippen LogP contribution is -2.13. The van der Waals surface area contributed by atoms with Crippen molar-refractivity contribution >= 4 is 17.7 Å². The molecule has 0 fully saturated rings. The third-order valence-corrected chi connectivity index (χ3v) is 5.04.